The van der Waals surface area contributed by atoms with Crippen LogP contribution in [-0.4, -0.2) is 0 Å². The van der Waals surface area contributed by atoms with E-state index < -0.39 is 0 Å². The highest BCUT2D eigenvalue weighted by Crippen LogP contribution is 2.48. The standard InChI is InChI=1S/C23H13OS2/c1-2-8-14(9-3-1)19-22-20(15-10-4-6-12-17(15)25-22)24-21-16-11-5-7-13-18(16)26-23(19)21/h1-13H/q+1. The molecular weight excluding hydrogens is 356 g/mol. The summed E-state index contributed by atoms with van der Waals surface area (Å²) in [7, 11) is 0. The molecule has 0 atom stereocenters. The van der Waals surface area contributed by atoms with Crippen LogP contribution in [0.15, 0.2) is 83.3 Å². The second-order valence-electron chi connectivity index (χ2n) is 6.36. The molecule has 0 bridgehead atoms. The molecule has 6 aromatic rings. The van der Waals surface area contributed by atoms with Gasteiger partial charge in [-0.2, -0.15) is 0 Å². The Labute approximate surface area is 157 Å². The molecule has 1 nitrogen and oxygen atoms in total. The minimum atomic E-state index is 1.00. The molecule has 3 aromatic carbocycles. The highest BCUT2D eigenvalue weighted by atomic mass is 32.1. The number of rotatable bonds is 1. The van der Waals surface area contributed by atoms with E-state index in [1.54, 1.807) is 0 Å². The van der Waals surface area contributed by atoms with Crippen molar-refractivity contribution in [1.29, 1.82) is 0 Å². The van der Waals surface area contributed by atoms with Crippen LogP contribution in [0.2, 0.25) is 0 Å². The minimum absolute atomic E-state index is 1.00. The Morgan fingerprint density at radius 1 is 0.538 bits per heavy atom. The summed E-state index contributed by atoms with van der Waals surface area (Å²) in [5, 5.41) is 2.39. The minimum Gasteiger partial charge on any atom is -0.203 e. The predicted molar refractivity (Wildman–Crippen MR) is 114 cm³/mol. The van der Waals surface area contributed by atoms with Gasteiger partial charge in [0, 0.05) is 15.0 Å². The number of fused-ring (bicyclic) bond motifs is 6. The van der Waals surface area contributed by atoms with Gasteiger partial charge in [-0.3, -0.25) is 0 Å². The quantitative estimate of drug-likeness (QED) is 0.267. The van der Waals surface area contributed by atoms with Crippen molar-refractivity contribution in [2.45, 2.75) is 0 Å². The smallest absolute Gasteiger partial charge is 0.203 e. The van der Waals surface area contributed by atoms with Crippen molar-refractivity contribution in [2.75, 3.05) is 0 Å². The monoisotopic (exact) mass is 369 g/mol. The van der Waals surface area contributed by atoms with Crippen LogP contribution in [0.5, 0.6) is 0 Å². The van der Waals surface area contributed by atoms with E-state index in [2.05, 4.69) is 78.9 Å². The molecule has 3 heteroatoms. The molecular formula is C23H13OS2+. The SMILES string of the molecule is c1ccc(-c2c3sc4ccccc4c3[o+]c3c2sc2ccccc23)cc1. The van der Waals surface area contributed by atoms with Crippen molar-refractivity contribution >= 4 is 63.4 Å². The summed E-state index contributed by atoms with van der Waals surface area (Å²) in [4.78, 5) is 0. The normalized spacial score (nSPS) is 11.8. The van der Waals surface area contributed by atoms with E-state index in [0.717, 1.165) is 11.2 Å². The van der Waals surface area contributed by atoms with Gasteiger partial charge in [0.25, 0.3) is 0 Å². The zero-order valence-electron chi connectivity index (χ0n) is 13.7. The summed E-state index contributed by atoms with van der Waals surface area (Å²) in [5.74, 6) is 0. The van der Waals surface area contributed by atoms with E-state index >= 15 is 0 Å². The van der Waals surface area contributed by atoms with Crippen LogP contribution in [0.4, 0.5) is 0 Å². The Hall–Kier alpha value is -2.75. The lowest BCUT2D eigenvalue weighted by molar-refractivity contribution is 0.671. The van der Waals surface area contributed by atoms with E-state index in [1.165, 1.54) is 40.7 Å². The van der Waals surface area contributed by atoms with Gasteiger partial charge >= 0.3 is 11.2 Å². The van der Waals surface area contributed by atoms with Gasteiger partial charge in [-0.1, -0.05) is 54.6 Å². The maximum Gasteiger partial charge on any atom is 0.380 e. The van der Waals surface area contributed by atoms with Crippen LogP contribution in [0.25, 0.3) is 51.9 Å². The van der Waals surface area contributed by atoms with E-state index in [4.69, 9.17) is 4.42 Å². The average Bonchev–Trinajstić information content (AvgIpc) is 3.25. The zero-order valence-corrected chi connectivity index (χ0v) is 15.4. The summed E-state index contributed by atoms with van der Waals surface area (Å²) in [5.41, 5.74) is 4.54. The molecule has 3 aromatic heterocycles. The Morgan fingerprint density at radius 3 is 1.62 bits per heavy atom. The van der Waals surface area contributed by atoms with Gasteiger partial charge in [0.1, 0.15) is 9.40 Å². The Bertz CT molecular complexity index is 1340. The van der Waals surface area contributed by atoms with E-state index in [-0.39, 0.29) is 0 Å². The van der Waals surface area contributed by atoms with Gasteiger partial charge in [-0.05, 0) is 29.8 Å². The highest BCUT2D eigenvalue weighted by Gasteiger charge is 2.28. The van der Waals surface area contributed by atoms with Gasteiger partial charge in [-0.25, -0.2) is 4.42 Å². The van der Waals surface area contributed by atoms with Crippen molar-refractivity contribution in [3.63, 3.8) is 0 Å². The lowest BCUT2D eigenvalue weighted by Gasteiger charge is -2.00. The fourth-order valence-electron chi connectivity index (χ4n) is 3.65. The predicted octanol–water partition coefficient (Wildman–Crippen LogP) is 7.96. The van der Waals surface area contributed by atoms with Gasteiger partial charge in [-0.15, -0.1) is 22.7 Å². The Kier molecular flexibility index (Phi) is 2.98. The molecule has 0 aliphatic rings. The third-order valence-electron chi connectivity index (χ3n) is 4.82. The van der Waals surface area contributed by atoms with Gasteiger partial charge < -0.3 is 0 Å². The first-order valence-corrected chi connectivity index (χ1v) is 10.2. The molecule has 26 heavy (non-hydrogen) atoms. The number of benzene rings is 3. The fraction of sp³-hybridized carbons (Fsp3) is 0. The second-order valence-corrected chi connectivity index (χ2v) is 8.46. The van der Waals surface area contributed by atoms with Gasteiger partial charge in [0.05, 0.1) is 10.8 Å². The molecule has 0 saturated carbocycles. The molecule has 0 amide bonds. The number of hydrogen-bond donors (Lipinski definition) is 0. The molecule has 0 fully saturated rings. The van der Waals surface area contributed by atoms with Crippen molar-refractivity contribution in [3.05, 3.63) is 78.9 Å². The highest BCUT2D eigenvalue weighted by molar-refractivity contribution is 7.28. The molecule has 122 valence electrons. The van der Waals surface area contributed by atoms with Crippen LogP contribution in [0.3, 0.4) is 0 Å². The maximum absolute atomic E-state index is 6.54. The summed E-state index contributed by atoms with van der Waals surface area (Å²) in [6.07, 6.45) is 0. The van der Waals surface area contributed by atoms with Crippen LogP contribution in [0, 0.1) is 0 Å². The fourth-order valence-corrected chi connectivity index (χ4v) is 6.12. The summed E-state index contributed by atoms with van der Waals surface area (Å²) < 4.78 is 11.5. The van der Waals surface area contributed by atoms with E-state index in [1.807, 2.05) is 22.7 Å². The van der Waals surface area contributed by atoms with E-state index in [0.29, 0.717) is 0 Å². The maximum atomic E-state index is 6.54. The van der Waals surface area contributed by atoms with Crippen molar-refractivity contribution in [2.24, 2.45) is 0 Å². The third kappa shape index (κ3) is 1.93. The summed E-state index contributed by atoms with van der Waals surface area (Å²) in [6.45, 7) is 0. The molecule has 3 heterocycles. The molecule has 0 saturated heterocycles. The second kappa shape index (κ2) is 5.37. The average molecular weight is 369 g/mol. The molecule has 0 spiro atoms. The van der Waals surface area contributed by atoms with Crippen molar-refractivity contribution in [3.8, 4) is 11.1 Å². The number of thiophene rings is 2. The lowest BCUT2D eigenvalue weighted by atomic mass is 10.1. The molecule has 6 rings (SSSR count). The Balaban J connectivity index is 1.92. The van der Waals surface area contributed by atoms with E-state index in [9.17, 15) is 0 Å². The van der Waals surface area contributed by atoms with Crippen LogP contribution in [-0.2, 0) is 0 Å². The first-order chi connectivity index (χ1) is 12.9. The first kappa shape index (κ1) is 14.4. The van der Waals surface area contributed by atoms with Crippen molar-refractivity contribution < 1.29 is 4.42 Å². The van der Waals surface area contributed by atoms with Crippen LogP contribution >= 0.6 is 22.7 Å². The number of hydrogen-bond acceptors (Lipinski definition) is 2. The molecule has 0 radical (unpaired) electrons. The third-order valence-corrected chi connectivity index (χ3v) is 7.16. The molecule has 0 N–H and O–H groups in total. The summed E-state index contributed by atoms with van der Waals surface area (Å²) in [6, 6.07) is 27.7. The summed E-state index contributed by atoms with van der Waals surface area (Å²) >= 11 is 3.64. The topological polar surface area (TPSA) is 11.3 Å². The van der Waals surface area contributed by atoms with Crippen LogP contribution in [0.1, 0.15) is 0 Å². The lowest BCUT2D eigenvalue weighted by Crippen LogP contribution is -1.79. The largest absolute Gasteiger partial charge is 0.380 e. The molecule has 0 aliphatic heterocycles. The van der Waals surface area contributed by atoms with Gasteiger partial charge in [0.2, 0.25) is 0 Å². The van der Waals surface area contributed by atoms with Gasteiger partial charge in [0.15, 0.2) is 0 Å². The van der Waals surface area contributed by atoms with Crippen molar-refractivity contribution in [1.82, 2.24) is 0 Å². The Morgan fingerprint density at radius 2 is 1.04 bits per heavy atom. The molecule has 0 unspecified atom stereocenters. The van der Waals surface area contributed by atoms with Crippen LogP contribution < -0.4 is 0 Å². The molecule has 0 aliphatic carbocycles. The first-order valence-electron chi connectivity index (χ1n) is 8.54. The zero-order chi connectivity index (χ0) is 17.1.